The van der Waals surface area contributed by atoms with Crippen LogP contribution in [0.15, 0.2) is 48.9 Å². The van der Waals surface area contributed by atoms with Gasteiger partial charge in [0, 0.05) is 44.5 Å². The lowest BCUT2D eigenvalue weighted by Gasteiger charge is -2.42. The minimum atomic E-state index is -4.82. The Bertz CT molecular complexity index is 1920. The number of H-pyrrole nitrogens is 1. The number of hydrogen-bond acceptors (Lipinski definition) is 8. The number of halogens is 4. The van der Waals surface area contributed by atoms with Crippen LogP contribution in [-0.4, -0.2) is 121 Å². The highest BCUT2D eigenvalue weighted by Gasteiger charge is 2.41. The normalized spacial score (nSPS) is 19.3. The Morgan fingerprint density at radius 1 is 1.06 bits per heavy atom. The molecule has 3 aromatic heterocycles. The Labute approximate surface area is 289 Å². The second-order valence-electron chi connectivity index (χ2n) is 13.0. The molecular weight excluding hydrogens is 681 g/mol. The van der Waals surface area contributed by atoms with E-state index in [9.17, 15) is 32.7 Å². The number of aromatic amines is 1. The van der Waals surface area contributed by atoms with Crippen LogP contribution in [-0.2, 0) is 11.0 Å². The number of hydrogen-bond donors (Lipinski definition) is 4. The maximum atomic E-state index is 13.9. The number of carbonyl (C=O) groups excluding carboxylic acids is 3. The number of carbonyl (C=O) groups is 3. The van der Waals surface area contributed by atoms with Crippen LogP contribution in [0.3, 0.4) is 0 Å². The molecule has 14 nitrogen and oxygen atoms in total. The van der Waals surface area contributed by atoms with Crippen molar-refractivity contribution >= 4 is 40.7 Å². The molecule has 4 aromatic rings. The molecule has 2 saturated heterocycles. The van der Waals surface area contributed by atoms with Crippen LogP contribution in [0.4, 0.5) is 24.5 Å². The summed E-state index contributed by atoms with van der Waals surface area (Å²) in [5.41, 5.74) is 4.69. The molecule has 6 rings (SSSR count). The lowest BCUT2D eigenvalue weighted by molar-refractivity contribution is -0.899. The van der Waals surface area contributed by atoms with E-state index in [1.54, 1.807) is 9.80 Å². The summed E-state index contributed by atoms with van der Waals surface area (Å²) in [6, 6.07) is 7.19. The van der Waals surface area contributed by atoms with Crippen molar-refractivity contribution < 1.29 is 37.1 Å². The van der Waals surface area contributed by atoms with Crippen LogP contribution in [0.25, 0.3) is 17.1 Å². The molecular formula is C32H35ClF3N10O4+. The van der Waals surface area contributed by atoms with Crippen LogP contribution in [0.1, 0.15) is 33.1 Å². The summed E-state index contributed by atoms with van der Waals surface area (Å²) in [6.45, 7) is 2.53. The smallest absolute Gasteiger partial charge is 0.397 e. The lowest BCUT2D eigenvalue weighted by atomic mass is 9.91. The fraction of sp³-hybridized carbons (Fsp3) is 0.375. The number of benzene rings is 1. The highest BCUT2D eigenvalue weighted by atomic mass is 35.5. The molecule has 3 amide bonds. The number of nitrogens with two attached hydrogens (primary N) is 1. The Morgan fingerprint density at radius 2 is 1.78 bits per heavy atom. The van der Waals surface area contributed by atoms with E-state index in [-0.39, 0.29) is 64.1 Å². The number of alkyl halides is 3. The molecule has 0 unspecified atom stereocenters. The number of likely N-dealkylation sites (N-methyl/N-ethyl adjacent to an activating group) is 1. The molecule has 50 heavy (non-hydrogen) atoms. The molecule has 0 aliphatic carbocycles. The number of rotatable bonds is 6. The molecule has 2 aliphatic heterocycles. The predicted molar refractivity (Wildman–Crippen MR) is 176 cm³/mol. The number of imidazole rings is 1. The molecule has 2 fully saturated rings. The van der Waals surface area contributed by atoms with E-state index in [2.05, 4.69) is 25.4 Å². The van der Waals surface area contributed by atoms with Crippen molar-refractivity contribution in [3.8, 4) is 17.1 Å². The van der Waals surface area contributed by atoms with E-state index in [1.807, 2.05) is 14.1 Å². The number of aliphatic hydroxyl groups is 1. The molecule has 5 N–H and O–H groups in total. The molecule has 18 heteroatoms. The molecule has 2 atom stereocenters. The summed E-state index contributed by atoms with van der Waals surface area (Å²) in [5, 5.41) is 16.9. The zero-order valence-corrected chi connectivity index (χ0v) is 27.9. The summed E-state index contributed by atoms with van der Waals surface area (Å²) >= 11 is 6.45. The van der Waals surface area contributed by atoms with Crippen LogP contribution >= 0.6 is 11.6 Å². The van der Waals surface area contributed by atoms with Gasteiger partial charge in [-0.25, -0.2) is 14.6 Å². The number of aliphatic hydroxyl groups excluding tert-OH is 1. The van der Waals surface area contributed by atoms with Crippen LogP contribution in [0.2, 0.25) is 5.02 Å². The molecule has 1 aromatic carbocycles. The van der Waals surface area contributed by atoms with Crippen LogP contribution < -0.4 is 11.1 Å². The maximum Gasteiger partial charge on any atom is 0.435 e. The Hall–Kier alpha value is -5.00. The monoisotopic (exact) mass is 715 g/mol. The molecule has 0 spiro atoms. The van der Waals surface area contributed by atoms with Crippen molar-refractivity contribution in [1.29, 1.82) is 0 Å². The van der Waals surface area contributed by atoms with Gasteiger partial charge in [0.2, 0.25) is 5.91 Å². The van der Waals surface area contributed by atoms with Gasteiger partial charge in [-0.3, -0.25) is 14.4 Å². The van der Waals surface area contributed by atoms with Gasteiger partial charge in [0.25, 0.3) is 11.8 Å². The van der Waals surface area contributed by atoms with E-state index >= 15 is 0 Å². The number of nitrogen functional groups attached to an aromatic ring is 1. The summed E-state index contributed by atoms with van der Waals surface area (Å²) in [4.78, 5) is 53.3. The van der Waals surface area contributed by atoms with E-state index in [0.29, 0.717) is 36.2 Å². The Balaban J connectivity index is 1.09. The number of likely N-dealkylation sites (tertiary alicyclic amines) is 1. The number of aromatic nitrogens is 5. The number of pyridine rings is 1. The number of amides is 3. The number of piperidine rings is 1. The third kappa shape index (κ3) is 7.29. The fourth-order valence-corrected chi connectivity index (χ4v) is 6.45. The number of anilines is 2. The zero-order chi connectivity index (χ0) is 36.0. The first kappa shape index (κ1) is 34.8. The minimum absolute atomic E-state index is 0.0658. The van der Waals surface area contributed by atoms with Crippen molar-refractivity contribution in [2.45, 2.75) is 18.7 Å². The SMILES string of the molecule is C[N+]1(C)CC[C@@H](C(=O)N2CCN(C(=O)c3ccc(NC(=O)c4ncc(-c5cn(-c6ccc(N)cn6)nc5C(F)(F)F)[nH]4)cc3Cl)CC2)[C@H](O)C1. The summed E-state index contributed by atoms with van der Waals surface area (Å²) < 4.78 is 43.3. The Kier molecular flexibility index (Phi) is 9.32. The highest BCUT2D eigenvalue weighted by Crippen LogP contribution is 2.36. The summed E-state index contributed by atoms with van der Waals surface area (Å²) in [5.74, 6) is -1.84. The fourth-order valence-electron chi connectivity index (χ4n) is 6.19. The molecule has 264 valence electrons. The van der Waals surface area contributed by atoms with Gasteiger partial charge in [0.05, 0.1) is 66.5 Å². The number of nitrogens with zero attached hydrogens (tertiary/aromatic N) is 7. The van der Waals surface area contributed by atoms with Crippen molar-refractivity contribution in [2.75, 3.05) is 64.4 Å². The molecule has 0 bridgehead atoms. The third-order valence-electron chi connectivity index (χ3n) is 8.91. The van der Waals surface area contributed by atoms with Crippen LogP contribution in [0.5, 0.6) is 0 Å². The topological polar surface area (TPSA) is 175 Å². The Morgan fingerprint density at radius 3 is 2.42 bits per heavy atom. The van der Waals surface area contributed by atoms with Crippen molar-refractivity contribution in [3.63, 3.8) is 0 Å². The highest BCUT2D eigenvalue weighted by molar-refractivity contribution is 6.34. The van der Waals surface area contributed by atoms with Gasteiger partial charge in [-0.15, -0.1) is 0 Å². The maximum absolute atomic E-state index is 13.9. The van der Waals surface area contributed by atoms with Gasteiger partial charge in [-0.2, -0.15) is 18.3 Å². The molecule has 2 aliphatic rings. The van der Waals surface area contributed by atoms with E-state index in [4.69, 9.17) is 17.3 Å². The summed E-state index contributed by atoms with van der Waals surface area (Å²) in [7, 11) is 4.04. The standard InChI is InChI=1S/C32H34ClF3N10O4/c1-46(2)12-7-21(25(47)17-46)31(50)44-10-8-43(9-11-44)30(49)20-5-4-19(13-23(20)33)40-29(48)28-39-15-24(41-28)22-16-45(42-27(22)32(34,35)36)26-6-3-18(37)14-38-26/h3-6,13-16,21,25,47H,7-12,17,37H2,1-2H3,(H-,39,40,41,48,49)/p+1/t21-,25-/m1/s1. The first-order valence-corrected chi connectivity index (χ1v) is 16.1. The van der Waals surface area contributed by atoms with E-state index in [0.717, 1.165) is 23.6 Å². The number of nitrogens with one attached hydrogen (secondary N) is 2. The van der Waals surface area contributed by atoms with Gasteiger partial charge in [-0.05, 0) is 30.3 Å². The average Bonchev–Trinajstić information content (AvgIpc) is 3.73. The lowest BCUT2D eigenvalue weighted by Crippen LogP contribution is -2.58. The second kappa shape index (κ2) is 13.4. The second-order valence-corrected chi connectivity index (χ2v) is 13.4. The van der Waals surface area contributed by atoms with Crippen molar-refractivity contribution in [2.24, 2.45) is 5.92 Å². The van der Waals surface area contributed by atoms with Gasteiger partial charge in [0.15, 0.2) is 17.3 Å². The van der Waals surface area contributed by atoms with Gasteiger partial charge >= 0.3 is 6.18 Å². The summed E-state index contributed by atoms with van der Waals surface area (Å²) in [6.07, 6.45) is -1.46. The number of quaternary nitrogens is 1. The van der Waals surface area contributed by atoms with Crippen LogP contribution in [0, 0.1) is 5.92 Å². The van der Waals surface area contributed by atoms with E-state index < -0.39 is 29.8 Å². The number of piperazine rings is 1. The molecule has 5 heterocycles. The van der Waals surface area contributed by atoms with Gasteiger partial charge in [-0.1, -0.05) is 11.6 Å². The van der Waals surface area contributed by atoms with Gasteiger partial charge in [0.1, 0.15) is 12.6 Å². The van der Waals surface area contributed by atoms with E-state index in [1.165, 1.54) is 36.5 Å². The molecule has 0 radical (unpaired) electrons. The van der Waals surface area contributed by atoms with Crippen molar-refractivity contribution in [3.05, 3.63) is 71.0 Å². The first-order chi connectivity index (χ1) is 23.6. The predicted octanol–water partition coefficient (Wildman–Crippen LogP) is 2.91. The largest absolute Gasteiger partial charge is 0.435 e. The third-order valence-corrected chi connectivity index (χ3v) is 9.23. The molecule has 0 saturated carbocycles. The first-order valence-electron chi connectivity index (χ1n) is 15.7. The zero-order valence-electron chi connectivity index (χ0n) is 27.1. The quantitative estimate of drug-likeness (QED) is 0.221. The average molecular weight is 716 g/mol. The van der Waals surface area contributed by atoms with Crippen molar-refractivity contribution in [1.82, 2.24) is 34.5 Å². The van der Waals surface area contributed by atoms with Gasteiger partial charge < -0.3 is 35.4 Å². The minimum Gasteiger partial charge on any atom is -0.397 e.